The maximum Gasteiger partial charge on any atom is 0.323 e. The second-order valence-electron chi connectivity index (χ2n) is 6.12. The lowest BCUT2D eigenvalue weighted by Gasteiger charge is -2.19. The lowest BCUT2D eigenvalue weighted by atomic mass is 9.88. The second-order valence-corrected chi connectivity index (χ2v) is 6.12. The van der Waals surface area contributed by atoms with E-state index in [9.17, 15) is 4.79 Å². The Bertz CT molecular complexity index is 499. The predicted octanol–water partition coefficient (Wildman–Crippen LogP) is 3.82. The number of carbonyl (C=O) groups excluding carboxylic acids is 1. The van der Waals surface area contributed by atoms with Crippen LogP contribution in [0.3, 0.4) is 0 Å². The van der Waals surface area contributed by atoms with E-state index in [1.165, 1.54) is 0 Å². The van der Waals surface area contributed by atoms with E-state index in [1.54, 1.807) is 6.20 Å². The first-order chi connectivity index (χ1) is 9.20. The highest BCUT2D eigenvalue weighted by atomic mass is 16.2. The third kappa shape index (κ3) is 4.96. The molecule has 0 aliphatic heterocycles. The molecule has 4 heteroatoms. The normalized spacial score (nSPS) is 12.0. The first kappa shape index (κ1) is 16.1. The molecule has 1 aromatic rings. The Morgan fingerprint density at radius 2 is 1.90 bits per heavy atom. The van der Waals surface area contributed by atoms with Gasteiger partial charge in [-0.25, -0.2) is 4.79 Å². The van der Waals surface area contributed by atoms with Crippen LogP contribution in [0.5, 0.6) is 0 Å². The Morgan fingerprint density at radius 1 is 1.25 bits per heavy atom. The van der Waals surface area contributed by atoms with Crippen LogP contribution >= 0.6 is 0 Å². The van der Waals surface area contributed by atoms with Gasteiger partial charge in [0.05, 0.1) is 0 Å². The molecule has 0 spiro atoms. The molecule has 4 nitrogen and oxygen atoms in total. The number of carbonyl (C=O) groups is 1. The number of allylic oxidation sites excluding steroid dienone is 1. The number of nitrogens with one attached hydrogen (secondary N) is 2. The molecule has 0 unspecified atom stereocenters. The van der Waals surface area contributed by atoms with Crippen LogP contribution in [-0.2, 0) is 0 Å². The van der Waals surface area contributed by atoms with Gasteiger partial charge in [0.1, 0.15) is 0 Å². The minimum Gasteiger partial charge on any atom is -0.378 e. The molecule has 1 aromatic carbocycles. The number of hydrogen-bond donors (Lipinski definition) is 2. The SMILES string of the molecule is C/C(=C\NC(=O)Nc1cccc(N(C)C)c1)C(C)(C)C. The molecule has 0 radical (unpaired) electrons. The highest BCUT2D eigenvalue weighted by Crippen LogP contribution is 2.23. The zero-order valence-corrected chi connectivity index (χ0v) is 13.2. The predicted molar refractivity (Wildman–Crippen MR) is 86.1 cm³/mol. The van der Waals surface area contributed by atoms with Gasteiger partial charge in [-0.1, -0.05) is 32.4 Å². The van der Waals surface area contributed by atoms with Crippen molar-refractivity contribution >= 4 is 17.4 Å². The Labute approximate surface area is 121 Å². The van der Waals surface area contributed by atoms with Crippen molar-refractivity contribution in [2.75, 3.05) is 24.3 Å². The van der Waals surface area contributed by atoms with Crippen LogP contribution in [0.2, 0.25) is 0 Å². The summed E-state index contributed by atoms with van der Waals surface area (Å²) in [6.07, 6.45) is 1.76. The van der Waals surface area contributed by atoms with Gasteiger partial charge in [-0.3, -0.25) is 0 Å². The number of amides is 2. The Morgan fingerprint density at radius 3 is 2.45 bits per heavy atom. The van der Waals surface area contributed by atoms with E-state index in [0.717, 1.165) is 16.9 Å². The molecule has 0 aliphatic rings. The lowest BCUT2D eigenvalue weighted by Crippen LogP contribution is -2.25. The second kappa shape index (κ2) is 6.46. The molecule has 110 valence electrons. The molecule has 0 bridgehead atoms. The van der Waals surface area contributed by atoms with Crippen LogP contribution < -0.4 is 15.5 Å². The van der Waals surface area contributed by atoms with Crippen LogP contribution in [0.15, 0.2) is 36.0 Å². The Kier molecular flexibility index (Phi) is 5.19. The summed E-state index contributed by atoms with van der Waals surface area (Å²) in [5.41, 5.74) is 2.99. The molecular formula is C16H25N3O. The minimum absolute atomic E-state index is 0.0537. The van der Waals surface area contributed by atoms with Gasteiger partial charge in [0, 0.05) is 31.7 Å². The van der Waals surface area contributed by atoms with Crippen molar-refractivity contribution in [2.24, 2.45) is 5.41 Å². The summed E-state index contributed by atoms with van der Waals surface area (Å²) < 4.78 is 0. The molecule has 0 aromatic heterocycles. The van der Waals surface area contributed by atoms with Crippen molar-refractivity contribution in [2.45, 2.75) is 27.7 Å². The van der Waals surface area contributed by atoms with Gasteiger partial charge >= 0.3 is 6.03 Å². The van der Waals surface area contributed by atoms with Gasteiger partial charge in [0.15, 0.2) is 0 Å². The largest absolute Gasteiger partial charge is 0.378 e. The third-order valence-electron chi connectivity index (χ3n) is 3.22. The lowest BCUT2D eigenvalue weighted by molar-refractivity contribution is 0.255. The minimum atomic E-state index is -0.232. The van der Waals surface area contributed by atoms with Gasteiger partial charge in [-0.05, 0) is 30.5 Å². The Balaban J connectivity index is 2.66. The summed E-state index contributed by atoms with van der Waals surface area (Å²) in [6.45, 7) is 8.34. The van der Waals surface area contributed by atoms with Crippen LogP contribution in [-0.4, -0.2) is 20.1 Å². The zero-order chi connectivity index (χ0) is 15.3. The summed E-state index contributed by atoms with van der Waals surface area (Å²) >= 11 is 0. The van der Waals surface area contributed by atoms with Crippen LogP contribution in [0, 0.1) is 5.41 Å². The molecule has 2 N–H and O–H groups in total. The zero-order valence-electron chi connectivity index (χ0n) is 13.2. The molecule has 0 fully saturated rings. The molecule has 2 amide bonds. The van der Waals surface area contributed by atoms with Gasteiger partial charge in [0.25, 0.3) is 0 Å². The fraction of sp³-hybridized carbons (Fsp3) is 0.438. The van der Waals surface area contributed by atoms with Crippen LogP contribution in [0.1, 0.15) is 27.7 Å². The van der Waals surface area contributed by atoms with Crippen molar-refractivity contribution in [3.8, 4) is 0 Å². The van der Waals surface area contributed by atoms with E-state index in [4.69, 9.17) is 0 Å². The van der Waals surface area contributed by atoms with Crippen molar-refractivity contribution in [3.05, 3.63) is 36.0 Å². The quantitative estimate of drug-likeness (QED) is 0.880. The average Bonchev–Trinajstić information content (AvgIpc) is 2.35. The molecule has 1 rings (SSSR count). The molecule has 0 aliphatic carbocycles. The highest BCUT2D eigenvalue weighted by Gasteiger charge is 2.12. The first-order valence-corrected chi connectivity index (χ1v) is 6.72. The summed E-state index contributed by atoms with van der Waals surface area (Å²) in [5.74, 6) is 0. The fourth-order valence-electron chi connectivity index (χ4n) is 1.42. The molecule has 0 saturated carbocycles. The van der Waals surface area contributed by atoms with Gasteiger partial charge in [-0.2, -0.15) is 0 Å². The number of nitrogens with zero attached hydrogens (tertiary/aromatic N) is 1. The van der Waals surface area contributed by atoms with Gasteiger partial charge in [-0.15, -0.1) is 0 Å². The summed E-state index contributed by atoms with van der Waals surface area (Å²) in [7, 11) is 3.93. The van der Waals surface area contributed by atoms with Crippen molar-refractivity contribution in [1.29, 1.82) is 0 Å². The van der Waals surface area contributed by atoms with E-state index in [0.29, 0.717) is 0 Å². The van der Waals surface area contributed by atoms with Gasteiger partial charge < -0.3 is 15.5 Å². The number of urea groups is 1. The van der Waals surface area contributed by atoms with Crippen LogP contribution in [0.4, 0.5) is 16.2 Å². The number of benzene rings is 1. The number of anilines is 2. The van der Waals surface area contributed by atoms with E-state index in [1.807, 2.05) is 50.2 Å². The molecule has 20 heavy (non-hydrogen) atoms. The maximum atomic E-state index is 11.8. The summed E-state index contributed by atoms with van der Waals surface area (Å²) in [6, 6.07) is 7.48. The smallest absolute Gasteiger partial charge is 0.323 e. The fourth-order valence-corrected chi connectivity index (χ4v) is 1.42. The summed E-state index contributed by atoms with van der Waals surface area (Å²) in [4.78, 5) is 13.8. The monoisotopic (exact) mass is 275 g/mol. The maximum absolute atomic E-state index is 11.8. The molecule has 0 atom stereocenters. The standard InChI is InChI=1S/C16H25N3O/c1-12(16(2,3)4)11-17-15(20)18-13-8-7-9-14(10-13)19(5)6/h7-11H,1-6H3,(H2,17,18,20)/b12-11+. The highest BCUT2D eigenvalue weighted by molar-refractivity contribution is 5.90. The van der Waals surface area contributed by atoms with E-state index < -0.39 is 0 Å². The number of rotatable bonds is 3. The third-order valence-corrected chi connectivity index (χ3v) is 3.22. The van der Waals surface area contributed by atoms with E-state index in [2.05, 4.69) is 31.4 Å². The topological polar surface area (TPSA) is 44.4 Å². The molecular weight excluding hydrogens is 250 g/mol. The van der Waals surface area contributed by atoms with Crippen LogP contribution in [0.25, 0.3) is 0 Å². The molecule has 0 saturated heterocycles. The number of hydrogen-bond acceptors (Lipinski definition) is 2. The first-order valence-electron chi connectivity index (χ1n) is 6.72. The Hall–Kier alpha value is -1.97. The van der Waals surface area contributed by atoms with E-state index >= 15 is 0 Å². The van der Waals surface area contributed by atoms with E-state index in [-0.39, 0.29) is 11.4 Å². The summed E-state index contributed by atoms with van der Waals surface area (Å²) in [5, 5.41) is 5.58. The van der Waals surface area contributed by atoms with Gasteiger partial charge in [0.2, 0.25) is 0 Å². The van der Waals surface area contributed by atoms with Crippen molar-refractivity contribution < 1.29 is 4.79 Å². The average molecular weight is 275 g/mol. The molecule has 0 heterocycles. The van der Waals surface area contributed by atoms with Crippen molar-refractivity contribution in [1.82, 2.24) is 5.32 Å². The van der Waals surface area contributed by atoms with Crippen molar-refractivity contribution in [3.63, 3.8) is 0 Å².